The lowest BCUT2D eigenvalue weighted by atomic mass is 9.80. The molecule has 1 N–H and O–H groups in total. The van der Waals surface area contributed by atoms with Crippen molar-refractivity contribution in [2.24, 2.45) is 0 Å². The number of carbonyl (C=O) groups is 1. The van der Waals surface area contributed by atoms with Gasteiger partial charge in [0.25, 0.3) is 0 Å². The lowest BCUT2D eigenvalue weighted by molar-refractivity contribution is -0.140. The third-order valence-electron chi connectivity index (χ3n) is 4.46. The summed E-state index contributed by atoms with van der Waals surface area (Å²) in [6.07, 6.45) is 15.2. The molecule has 0 aromatic rings. The number of ketones is 1. The summed E-state index contributed by atoms with van der Waals surface area (Å²) in [6, 6.07) is 0. The summed E-state index contributed by atoms with van der Waals surface area (Å²) >= 11 is 0. The van der Waals surface area contributed by atoms with Gasteiger partial charge in [-0.25, -0.2) is 0 Å². The zero-order chi connectivity index (χ0) is 14.0. The largest absolute Gasteiger partial charge is 0.382 e. The molecule has 1 aliphatic carbocycles. The molecule has 2 nitrogen and oxygen atoms in total. The lowest BCUT2D eigenvalue weighted by Gasteiger charge is -2.30. The zero-order valence-corrected chi connectivity index (χ0v) is 12.8. The van der Waals surface area contributed by atoms with E-state index in [0.29, 0.717) is 19.3 Å². The first-order chi connectivity index (χ1) is 9.19. The molecule has 0 unspecified atom stereocenters. The predicted octanol–water partition coefficient (Wildman–Crippen LogP) is 4.78. The summed E-state index contributed by atoms with van der Waals surface area (Å²) in [5.41, 5.74) is -0.959. The van der Waals surface area contributed by atoms with E-state index in [-0.39, 0.29) is 5.78 Å². The van der Waals surface area contributed by atoms with E-state index in [1.54, 1.807) is 0 Å². The highest BCUT2D eigenvalue weighted by Gasteiger charge is 2.35. The Morgan fingerprint density at radius 1 is 0.895 bits per heavy atom. The van der Waals surface area contributed by atoms with Crippen molar-refractivity contribution in [1.82, 2.24) is 0 Å². The van der Waals surface area contributed by atoms with Crippen LogP contribution in [0.2, 0.25) is 0 Å². The Morgan fingerprint density at radius 2 is 1.42 bits per heavy atom. The van der Waals surface area contributed by atoms with Gasteiger partial charge in [-0.15, -0.1) is 0 Å². The van der Waals surface area contributed by atoms with Crippen LogP contribution in [0.25, 0.3) is 0 Å². The molecule has 0 bridgehead atoms. The van der Waals surface area contributed by atoms with E-state index in [0.717, 1.165) is 25.7 Å². The minimum atomic E-state index is -0.959. The average molecular weight is 268 g/mol. The van der Waals surface area contributed by atoms with Gasteiger partial charge in [0.1, 0.15) is 5.60 Å². The Bertz CT molecular complexity index is 242. The first-order valence-electron chi connectivity index (χ1n) is 8.45. The van der Waals surface area contributed by atoms with Crippen LogP contribution in [-0.4, -0.2) is 16.5 Å². The van der Waals surface area contributed by atoms with Crippen LogP contribution in [0.3, 0.4) is 0 Å². The molecule has 1 saturated carbocycles. The van der Waals surface area contributed by atoms with Gasteiger partial charge in [-0.05, 0) is 19.3 Å². The molecule has 112 valence electrons. The molecule has 1 aliphatic rings. The average Bonchev–Trinajstić information content (AvgIpc) is 2.42. The van der Waals surface area contributed by atoms with Gasteiger partial charge in [-0.1, -0.05) is 71.1 Å². The predicted molar refractivity (Wildman–Crippen MR) is 80.3 cm³/mol. The van der Waals surface area contributed by atoms with Crippen LogP contribution >= 0.6 is 0 Å². The summed E-state index contributed by atoms with van der Waals surface area (Å²) in [5.74, 6) is 0.109. The van der Waals surface area contributed by atoms with E-state index >= 15 is 0 Å². The molecular weight excluding hydrogens is 236 g/mol. The van der Waals surface area contributed by atoms with Crippen molar-refractivity contribution < 1.29 is 9.90 Å². The van der Waals surface area contributed by atoms with E-state index in [1.165, 1.54) is 44.9 Å². The molecule has 1 rings (SSSR count). The molecular formula is C17H32O2. The number of aliphatic hydroxyl groups is 1. The lowest BCUT2D eigenvalue weighted by Crippen LogP contribution is -2.40. The first-order valence-corrected chi connectivity index (χ1v) is 8.45. The molecule has 19 heavy (non-hydrogen) atoms. The molecule has 0 saturated heterocycles. The van der Waals surface area contributed by atoms with Crippen molar-refractivity contribution in [2.45, 2.75) is 102 Å². The van der Waals surface area contributed by atoms with Gasteiger partial charge < -0.3 is 5.11 Å². The Morgan fingerprint density at radius 3 is 2.00 bits per heavy atom. The Kier molecular flexibility index (Phi) is 8.36. The highest BCUT2D eigenvalue weighted by atomic mass is 16.3. The first kappa shape index (κ1) is 16.7. The fourth-order valence-corrected chi connectivity index (χ4v) is 3.07. The van der Waals surface area contributed by atoms with Crippen LogP contribution in [0.15, 0.2) is 0 Å². The SMILES string of the molecule is CCCCCCCCCCC(=O)C1(O)CCCCC1. The van der Waals surface area contributed by atoms with Gasteiger partial charge in [-0.2, -0.15) is 0 Å². The molecule has 0 aromatic heterocycles. The van der Waals surface area contributed by atoms with E-state index in [2.05, 4.69) is 6.92 Å². The third kappa shape index (κ3) is 6.56. The minimum Gasteiger partial charge on any atom is -0.382 e. The maximum Gasteiger partial charge on any atom is 0.164 e. The molecule has 1 fully saturated rings. The van der Waals surface area contributed by atoms with Crippen LogP contribution in [0, 0.1) is 0 Å². The van der Waals surface area contributed by atoms with E-state index in [1.807, 2.05) is 0 Å². The van der Waals surface area contributed by atoms with E-state index in [9.17, 15) is 9.90 Å². The second kappa shape index (κ2) is 9.52. The highest BCUT2D eigenvalue weighted by Crippen LogP contribution is 2.30. The Balaban J connectivity index is 2.01. The van der Waals surface area contributed by atoms with Crippen molar-refractivity contribution in [3.8, 4) is 0 Å². The maximum absolute atomic E-state index is 12.0. The van der Waals surface area contributed by atoms with Crippen molar-refractivity contribution >= 4 is 5.78 Å². The fraction of sp³-hybridized carbons (Fsp3) is 0.941. The molecule has 0 heterocycles. The summed E-state index contributed by atoms with van der Waals surface area (Å²) < 4.78 is 0. The molecule has 0 atom stereocenters. The van der Waals surface area contributed by atoms with Crippen LogP contribution < -0.4 is 0 Å². The van der Waals surface area contributed by atoms with E-state index in [4.69, 9.17) is 0 Å². The third-order valence-corrected chi connectivity index (χ3v) is 4.46. The van der Waals surface area contributed by atoms with Gasteiger partial charge >= 0.3 is 0 Å². The van der Waals surface area contributed by atoms with Gasteiger partial charge in [0.15, 0.2) is 5.78 Å². The second-order valence-corrected chi connectivity index (χ2v) is 6.24. The molecule has 0 aromatic carbocycles. The second-order valence-electron chi connectivity index (χ2n) is 6.24. The normalized spacial score (nSPS) is 18.4. The summed E-state index contributed by atoms with van der Waals surface area (Å²) in [6.45, 7) is 2.24. The summed E-state index contributed by atoms with van der Waals surface area (Å²) in [4.78, 5) is 12.0. The van der Waals surface area contributed by atoms with Crippen molar-refractivity contribution in [2.75, 3.05) is 0 Å². The van der Waals surface area contributed by atoms with Gasteiger partial charge in [-0.3, -0.25) is 4.79 Å². The summed E-state index contributed by atoms with van der Waals surface area (Å²) in [5, 5.41) is 10.3. The minimum absolute atomic E-state index is 0.109. The molecule has 0 spiro atoms. The Hall–Kier alpha value is -0.370. The van der Waals surface area contributed by atoms with Gasteiger partial charge in [0.05, 0.1) is 0 Å². The number of hydrogen-bond acceptors (Lipinski definition) is 2. The zero-order valence-electron chi connectivity index (χ0n) is 12.8. The van der Waals surface area contributed by atoms with Crippen LogP contribution in [-0.2, 0) is 4.79 Å². The van der Waals surface area contributed by atoms with Crippen molar-refractivity contribution in [3.63, 3.8) is 0 Å². The van der Waals surface area contributed by atoms with Crippen LogP contribution in [0.1, 0.15) is 96.8 Å². The van der Waals surface area contributed by atoms with Crippen LogP contribution in [0.5, 0.6) is 0 Å². The topological polar surface area (TPSA) is 37.3 Å². The highest BCUT2D eigenvalue weighted by molar-refractivity contribution is 5.87. The standard InChI is InChI=1S/C17H32O2/c1-2-3-4-5-6-7-8-10-13-16(18)17(19)14-11-9-12-15-17/h19H,2-15H2,1H3. The van der Waals surface area contributed by atoms with Gasteiger partial charge in [0, 0.05) is 6.42 Å². The molecule has 0 radical (unpaired) electrons. The number of unbranched alkanes of at least 4 members (excludes halogenated alkanes) is 7. The maximum atomic E-state index is 12.0. The Labute approximate surface area is 119 Å². The van der Waals surface area contributed by atoms with Crippen LogP contribution in [0.4, 0.5) is 0 Å². The van der Waals surface area contributed by atoms with E-state index < -0.39 is 5.60 Å². The monoisotopic (exact) mass is 268 g/mol. The fourth-order valence-electron chi connectivity index (χ4n) is 3.07. The number of rotatable bonds is 10. The molecule has 2 heteroatoms. The van der Waals surface area contributed by atoms with Crippen molar-refractivity contribution in [3.05, 3.63) is 0 Å². The number of carbonyl (C=O) groups excluding carboxylic acids is 1. The smallest absolute Gasteiger partial charge is 0.164 e. The van der Waals surface area contributed by atoms with Crippen molar-refractivity contribution in [1.29, 1.82) is 0 Å². The number of hydrogen-bond donors (Lipinski definition) is 1. The summed E-state index contributed by atoms with van der Waals surface area (Å²) in [7, 11) is 0. The van der Waals surface area contributed by atoms with Gasteiger partial charge in [0.2, 0.25) is 0 Å². The quantitative estimate of drug-likeness (QED) is 0.579. The molecule has 0 amide bonds. The number of Topliss-reactive ketones (excluding diaryl/α,β-unsaturated/α-hetero) is 1. The molecule has 0 aliphatic heterocycles.